The lowest BCUT2D eigenvalue weighted by Crippen LogP contribution is -2.52. The van der Waals surface area contributed by atoms with Crippen molar-refractivity contribution in [3.05, 3.63) is 0 Å². The Hall–Kier alpha value is 0.708. The molecule has 114 valence electrons. The molecule has 1 heterocycles. The van der Waals surface area contributed by atoms with Crippen molar-refractivity contribution in [2.24, 2.45) is 0 Å². The third-order valence-corrected chi connectivity index (χ3v) is 15.3. The summed E-state index contributed by atoms with van der Waals surface area (Å²) in [5.41, 5.74) is 0. The summed E-state index contributed by atoms with van der Waals surface area (Å²) >= 11 is 0. The molecule has 1 aliphatic rings. The molecule has 3 atom stereocenters. The van der Waals surface area contributed by atoms with E-state index in [2.05, 4.69) is 52.4 Å². The van der Waals surface area contributed by atoms with Gasteiger partial charge in [-0.3, -0.25) is 0 Å². The third-order valence-electron chi connectivity index (χ3n) is 2.46. The Bertz CT molecular complexity index is 298. The SMILES string of the molecule is C[SiH](O[Si](C)(C)C)O[Si](C)(CC1CO1)O[Si](C)(C)C. The van der Waals surface area contributed by atoms with Crippen molar-refractivity contribution in [2.45, 2.75) is 64.5 Å². The minimum absolute atomic E-state index is 0.362. The highest BCUT2D eigenvalue weighted by Gasteiger charge is 2.44. The van der Waals surface area contributed by atoms with Crippen LogP contribution in [0.5, 0.6) is 0 Å². The van der Waals surface area contributed by atoms with E-state index in [0.29, 0.717) is 6.10 Å². The first-order chi connectivity index (χ1) is 8.39. The maximum atomic E-state index is 6.41. The van der Waals surface area contributed by atoms with Gasteiger partial charge in [0.15, 0.2) is 16.6 Å². The van der Waals surface area contributed by atoms with Crippen LogP contribution in [0.1, 0.15) is 0 Å². The zero-order chi connectivity index (χ0) is 14.9. The van der Waals surface area contributed by atoms with Crippen molar-refractivity contribution in [2.75, 3.05) is 6.61 Å². The lowest BCUT2D eigenvalue weighted by molar-refractivity contribution is 0.331. The number of epoxide rings is 1. The molecule has 0 aromatic carbocycles. The van der Waals surface area contributed by atoms with Crippen LogP contribution in [0, 0.1) is 0 Å². The van der Waals surface area contributed by atoms with Crippen LogP contribution in [-0.2, 0) is 17.1 Å². The van der Waals surface area contributed by atoms with Crippen molar-refractivity contribution < 1.29 is 17.1 Å². The summed E-state index contributed by atoms with van der Waals surface area (Å²) in [5.74, 6) is 0. The molecule has 1 fully saturated rings. The first kappa shape index (κ1) is 17.8. The molecule has 0 aliphatic carbocycles. The summed E-state index contributed by atoms with van der Waals surface area (Å²) in [4.78, 5) is 0. The standard InChI is InChI=1S/C11H30O4Si4/c1-16(13-17(2,3)4)14-19(8,10-11-9-12-11)15-18(5,6)7/h11,16H,9-10H2,1-8H3. The normalized spacial score (nSPS) is 24.9. The van der Waals surface area contributed by atoms with Crippen molar-refractivity contribution in [3.8, 4) is 0 Å². The first-order valence-electron chi connectivity index (χ1n) is 7.06. The van der Waals surface area contributed by atoms with Crippen LogP contribution in [0.15, 0.2) is 0 Å². The Morgan fingerprint density at radius 1 is 1.00 bits per heavy atom. The van der Waals surface area contributed by atoms with Crippen molar-refractivity contribution >= 4 is 34.5 Å². The van der Waals surface area contributed by atoms with Crippen molar-refractivity contribution in [1.82, 2.24) is 0 Å². The highest BCUT2D eigenvalue weighted by atomic mass is 28.5. The van der Waals surface area contributed by atoms with E-state index in [1.807, 2.05) is 0 Å². The van der Waals surface area contributed by atoms with Gasteiger partial charge in [0.05, 0.1) is 12.7 Å². The van der Waals surface area contributed by atoms with Crippen LogP contribution in [-0.4, -0.2) is 47.2 Å². The minimum atomic E-state index is -2.15. The molecular formula is C11H30O4Si4. The quantitative estimate of drug-likeness (QED) is 0.504. The second-order valence-corrected chi connectivity index (χ2v) is 22.4. The predicted octanol–water partition coefficient (Wildman–Crippen LogP) is 3.03. The van der Waals surface area contributed by atoms with Crippen molar-refractivity contribution in [3.63, 3.8) is 0 Å². The van der Waals surface area contributed by atoms with Gasteiger partial charge in [0.25, 0.3) is 9.28 Å². The van der Waals surface area contributed by atoms with Gasteiger partial charge in [0.1, 0.15) is 0 Å². The molecule has 19 heavy (non-hydrogen) atoms. The van der Waals surface area contributed by atoms with Crippen LogP contribution in [0.2, 0.25) is 58.4 Å². The molecule has 0 spiro atoms. The Morgan fingerprint density at radius 2 is 1.53 bits per heavy atom. The van der Waals surface area contributed by atoms with E-state index in [9.17, 15) is 0 Å². The molecule has 0 amide bonds. The third kappa shape index (κ3) is 8.55. The van der Waals surface area contributed by atoms with Crippen LogP contribution < -0.4 is 0 Å². The fourth-order valence-corrected chi connectivity index (χ4v) is 17.2. The summed E-state index contributed by atoms with van der Waals surface area (Å²) in [6.07, 6.45) is 0.362. The second-order valence-electron chi connectivity index (χ2n) is 7.42. The van der Waals surface area contributed by atoms with E-state index in [1.165, 1.54) is 0 Å². The minimum Gasteiger partial charge on any atom is -0.439 e. The average Bonchev–Trinajstić information content (AvgIpc) is 2.77. The molecule has 0 bridgehead atoms. The van der Waals surface area contributed by atoms with Crippen molar-refractivity contribution in [1.29, 1.82) is 0 Å². The van der Waals surface area contributed by atoms with Gasteiger partial charge < -0.3 is 17.1 Å². The molecule has 0 N–H and O–H groups in total. The smallest absolute Gasteiger partial charge is 0.318 e. The van der Waals surface area contributed by atoms with Gasteiger partial charge in [-0.2, -0.15) is 0 Å². The molecular weight excluding hydrogens is 308 g/mol. The van der Waals surface area contributed by atoms with Gasteiger partial charge in [0.2, 0.25) is 0 Å². The Labute approximate surface area is 123 Å². The molecule has 1 aliphatic heterocycles. The highest BCUT2D eigenvalue weighted by molar-refractivity contribution is 6.85. The van der Waals surface area contributed by atoms with Gasteiger partial charge in [-0.05, 0) is 52.4 Å². The van der Waals surface area contributed by atoms with Gasteiger partial charge in [-0.25, -0.2) is 0 Å². The Balaban J connectivity index is 2.62. The van der Waals surface area contributed by atoms with E-state index in [0.717, 1.165) is 12.7 Å². The van der Waals surface area contributed by atoms with E-state index in [4.69, 9.17) is 17.1 Å². The van der Waals surface area contributed by atoms with E-state index >= 15 is 0 Å². The maximum absolute atomic E-state index is 6.41. The topological polar surface area (TPSA) is 40.2 Å². The molecule has 0 saturated carbocycles. The van der Waals surface area contributed by atoms with Gasteiger partial charge in [0, 0.05) is 6.04 Å². The lowest BCUT2D eigenvalue weighted by atomic mass is 10.6. The summed E-state index contributed by atoms with van der Waals surface area (Å²) < 4.78 is 24.3. The first-order valence-corrected chi connectivity index (χ1v) is 18.5. The summed E-state index contributed by atoms with van der Waals surface area (Å²) in [5, 5.41) is 0. The summed E-state index contributed by atoms with van der Waals surface area (Å²) in [6, 6.07) is 0.948. The Morgan fingerprint density at radius 3 is 1.89 bits per heavy atom. The highest BCUT2D eigenvalue weighted by Crippen LogP contribution is 2.28. The predicted molar refractivity (Wildman–Crippen MR) is 89.1 cm³/mol. The number of ether oxygens (including phenoxy) is 1. The van der Waals surface area contributed by atoms with Crippen LogP contribution in [0.25, 0.3) is 0 Å². The zero-order valence-electron chi connectivity index (χ0n) is 13.7. The van der Waals surface area contributed by atoms with Crippen LogP contribution in [0.4, 0.5) is 0 Å². The molecule has 1 saturated heterocycles. The van der Waals surface area contributed by atoms with Gasteiger partial charge >= 0.3 is 8.56 Å². The van der Waals surface area contributed by atoms with E-state index in [1.54, 1.807) is 0 Å². The summed E-state index contributed by atoms with van der Waals surface area (Å²) in [6.45, 7) is 18.5. The summed E-state index contributed by atoms with van der Waals surface area (Å²) in [7, 11) is -6.88. The molecule has 0 aromatic rings. The Kier molecular flexibility index (Phi) is 5.81. The van der Waals surface area contributed by atoms with Crippen LogP contribution in [0.3, 0.4) is 0 Å². The lowest BCUT2D eigenvalue weighted by Gasteiger charge is -2.36. The second kappa shape index (κ2) is 6.22. The number of hydrogen-bond donors (Lipinski definition) is 0. The van der Waals surface area contributed by atoms with E-state index < -0.39 is 34.5 Å². The fraction of sp³-hybridized carbons (Fsp3) is 1.00. The monoisotopic (exact) mass is 338 g/mol. The fourth-order valence-electron chi connectivity index (χ4n) is 2.23. The largest absolute Gasteiger partial charge is 0.439 e. The number of rotatable bonds is 8. The maximum Gasteiger partial charge on any atom is 0.318 e. The van der Waals surface area contributed by atoms with Gasteiger partial charge in [-0.1, -0.05) is 0 Å². The molecule has 3 unspecified atom stereocenters. The van der Waals surface area contributed by atoms with E-state index in [-0.39, 0.29) is 0 Å². The molecule has 0 radical (unpaired) electrons. The zero-order valence-corrected chi connectivity index (χ0v) is 17.9. The molecule has 4 nitrogen and oxygen atoms in total. The van der Waals surface area contributed by atoms with Crippen LogP contribution >= 0.6 is 0 Å². The number of hydrogen-bond acceptors (Lipinski definition) is 4. The molecule has 8 heteroatoms. The van der Waals surface area contributed by atoms with Gasteiger partial charge in [-0.15, -0.1) is 0 Å². The average molecular weight is 339 g/mol. The molecule has 0 aromatic heterocycles. The molecule has 1 rings (SSSR count).